The van der Waals surface area contributed by atoms with E-state index < -0.39 is 0 Å². The van der Waals surface area contributed by atoms with Crippen LogP contribution in [0.25, 0.3) is 11.3 Å². The van der Waals surface area contributed by atoms with Gasteiger partial charge in [-0.3, -0.25) is 5.01 Å². The van der Waals surface area contributed by atoms with Crippen molar-refractivity contribution in [3.05, 3.63) is 36.6 Å². The second-order valence-corrected chi connectivity index (χ2v) is 4.06. The highest BCUT2D eigenvalue weighted by Gasteiger charge is 2.13. The van der Waals surface area contributed by atoms with Crippen LogP contribution in [0.15, 0.2) is 41.0 Å². The van der Waals surface area contributed by atoms with Gasteiger partial charge in [-0.2, -0.15) is 10.2 Å². The van der Waals surface area contributed by atoms with Crippen LogP contribution in [-0.2, 0) is 0 Å². The van der Waals surface area contributed by atoms with Crippen LogP contribution in [0.1, 0.15) is 6.92 Å². The lowest BCUT2D eigenvalue weighted by atomic mass is 10.2. The lowest BCUT2D eigenvalue weighted by Gasteiger charge is -2.14. The molecular weight excluding hydrogens is 264 g/mol. The van der Waals surface area contributed by atoms with Crippen molar-refractivity contribution in [2.24, 2.45) is 11.8 Å². The van der Waals surface area contributed by atoms with Crippen LogP contribution in [0.4, 0.5) is 6.01 Å². The Morgan fingerprint density at radius 1 is 1.42 bits per heavy atom. The van der Waals surface area contributed by atoms with Crippen molar-refractivity contribution in [1.82, 2.24) is 4.98 Å². The fourth-order valence-electron chi connectivity index (χ4n) is 1.55. The van der Waals surface area contributed by atoms with E-state index in [-0.39, 0.29) is 18.3 Å². The number of oxazole rings is 1. The Morgan fingerprint density at radius 2 is 2.11 bits per heavy atom. The van der Waals surface area contributed by atoms with E-state index in [4.69, 9.17) is 15.5 Å². The summed E-state index contributed by atoms with van der Waals surface area (Å²) in [5, 5.41) is 10.1. The van der Waals surface area contributed by atoms with Crippen molar-refractivity contribution in [2.75, 3.05) is 11.6 Å². The summed E-state index contributed by atoms with van der Waals surface area (Å²) in [5.74, 6) is 5.61. The van der Waals surface area contributed by atoms with Crippen molar-refractivity contribution in [3.8, 4) is 17.3 Å². The first kappa shape index (κ1) is 15.0. The summed E-state index contributed by atoms with van der Waals surface area (Å²) in [7, 11) is 0. The molecule has 2 aromatic rings. The number of anilines is 1. The van der Waals surface area contributed by atoms with Crippen LogP contribution >= 0.6 is 12.4 Å². The number of nitrogens with zero attached hydrogens (tertiary/aromatic N) is 3. The number of rotatable bonds is 4. The molecule has 6 heteroatoms. The zero-order valence-electron chi connectivity index (χ0n) is 10.5. The van der Waals surface area contributed by atoms with Gasteiger partial charge in [-0.1, -0.05) is 30.3 Å². The highest BCUT2D eigenvalue weighted by atomic mass is 35.5. The maximum Gasteiger partial charge on any atom is 0.312 e. The normalized spacial score (nSPS) is 11.2. The molecule has 2 N–H and O–H groups in total. The van der Waals surface area contributed by atoms with Crippen molar-refractivity contribution >= 4 is 18.4 Å². The fraction of sp³-hybridized carbons (Fsp3) is 0.231. The smallest absolute Gasteiger partial charge is 0.312 e. The summed E-state index contributed by atoms with van der Waals surface area (Å²) in [4.78, 5) is 4.29. The molecule has 5 nitrogen and oxygen atoms in total. The molecule has 19 heavy (non-hydrogen) atoms. The van der Waals surface area contributed by atoms with Crippen LogP contribution in [0.2, 0.25) is 0 Å². The zero-order valence-corrected chi connectivity index (χ0v) is 11.3. The van der Waals surface area contributed by atoms with Crippen molar-refractivity contribution in [1.29, 1.82) is 5.26 Å². The number of aromatic nitrogens is 1. The van der Waals surface area contributed by atoms with Crippen molar-refractivity contribution in [2.45, 2.75) is 6.92 Å². The van der Waals surface area contributed by atoms with Gasteiger partial charge in [-0.15, -0.1) is 12.4 Å². The Kier molecular flexibility index (Phi) is 5.37. The Balaban J connectivity index is 0.00000180. The molecule has 0 amide bonds. The number of benzene rings is 1. The Bertz CT molecular complexity index is 549. The molecule has 2 rings (SSSR count). The maximum atomic E-state index is 8.73. The van der Waals surface area contributed by atoms with E-state index in [0.29, 0.717) is 12.6 Å². The van der Waals surface area contributed by atoms with Crippen molar-refractivity contribution < 1.29 is 4.42 Å². The van der Waals surface area contributed by atoms with Gasteiger partial charge in [0, 0.05) is 5.56 Å². The summed E-state index contributed by atoms with van der Waals surface area (Å²) in [5.41, 5.74) is 1.69. The van der Waals surface area contributed by atoms with Gasteiger partial charge in [-0.25, -0.2) is 5.84 Å². The molecule has 100 valence electrons. The average Bonchev–Trinajstić information content (AvgIpc) is 2.89. The quantitative estimate of drug-likeness (QED) is 0.687. The molecule has 0 aliphatic rings. The van der Waals surface area contributed by atoms with Crippen LogP contribution < -0.4 is 10.9 Å². The molecule has 0 fully saturated rings. The summed E-state index contributed by atoms with van der Waals surface area (Å²) in [6, 6.07) is 12.1. The minimum Gasteiger partial charge on any atom is -0.430 e. The monoisotopic (exact) mass is 278 g/mol. The Morgan fingerprint density at radius 3 is 2.74 bits per heavy atom. The number of nitrogens with two attached hydrogens (primary N) is 1. The summed E-state index contributed by atoms with van der Waals surface area (Å²) < 4.78 is 5.31. The largest absolute Gasteiger partial charge is 0.430 e. The van der Waals surface area contributed by atoms with Gasteiger partial charge >= 0.3 is 6.01 Å². The van der Waals surface area contributed by atoms with Crippen LogP contribution in [0.5, 0.6) is 0 Å². The molecule has 0 saturated heterocycles. The molecule has 0 saturated carbocycles. The molecule has 1 heterocycles. The summed E-state index contributed by atoms with van der Waals surface area (Å²) >= 11 is 0. The van der Waals surface area contributed by atoms with Crippen LogP contribution in [0.3, 0.4) is 0 Å². The van der Waals surface area contributed by atoms with Gasteiger partial charge in [-0.05, 0) is 6.92 Å². The molecule has 0 aliphatic heterocycles. The van der Waals surface area contributed by atoms with Gasteiger partial charge in [0.1, 0.15) is 12.0 Å². The number of nitriles is 1. The second-order valence-electron chi connectivity index (χ2n) is 4.06. The third-order valence-electron chi connectivity index (χ3n) is 2.50. The SMILES string of the molecule is CC(C#N)CN(N)c1nc(-c2ccccc2)co1.Cl. The highest BCUT2D eigenvalue weighted by molar-refractivity contribution is 5.85. The number of hydrazine groups is 1. The topological polar surface area (TPSA) is 79.1 Å². The molecule has 0 spiro atoms. The molecule has 1 aromatic carbocycles. The maximum absolute atomic E-state index is 8.73. The predicted molar refractivity (Wildman–Crippen MR) is 75.5 cm³/mol. The lowest BCUT2D eigenvalue weighted by Crippen LogP contribution is -2.34. The average molecular weight is 279 g/mol. The third kappa shape index (κ3) is 3.71. The minimum atomic E-state index is -0.179. The van der Waals surface area contributed by atoms with E-state index in [9.17, 15) is 0 Å². The lowest BCUT2D eigenvalue weighted by molar-refractivity contribution is 0.524. The van der Waals surface area contributed by atoms with Gasteiger partial charge in [0.2, 0.25) is 0 Å². The third-order valence-corrected chi connectivity index (χ3v) is 2.50. The van der Waals surface area contributed by atoms with Gasteiger partial charge in [0.25, 0.3) is 0 Å². The van der Waals surface area contributed by atoms with E-state index in [2.05, 4.69) is 11.1 Å². The molecule has 1 unspecified atom stereocenters. The molecule has 0 aliphatic carbocycles. The minimum absolute atomic E-state index is 0. The summed E-state index contributed by atoms with van der Waals surface area (Å²) in [6.45, 7) is 2.17. The van der Waals surface area contributed by atoms with Crippen LogP contribution in [0, 0.1) is 17.2 Å². The Hall–Kier alpha value is -2.03. The zero-order chi connectivity index (χ0) is 13.0. The first-order valence-electron chi connectivity index (χ1n) is 5.63. The molecule has 0 bridgehead atoms. The highest BCUT2D eigenvalue weighted by Crippen LogP contribution is 2.21. The van der Waals surface area contributed by atoms with Gasteiger partial charge in [0.05, 0.1) is 18.5 Å². The van der Waals surface area contributed by atoms with Crippen molar-refractivity contribution in [3.63, 3.8) is 0 Å². The van der Waals surface area contributed by atoms with E-state index in [1.54, 1.807) is 13.2 Å². The van der Waals surface area contributed by atoms with Crippen LogP contribution in [-0.4, -0.2) is 11.5 Å². The molecule has 1 aromatic heterocycles. The van der Waals surface area contributed by atoms with Gasteiger partial charge in [0.15, 0.2) is 0 Å². The first-order chi connectivity index (χ1) is 8.70. The standard InChI is InChI=1S/C13H14N4O.ClH/c1-10(7-14)8-17(15)13-16-12(9-18-13)11-5-3-2-4-6-11;/h2-6,9-10H,8,15H2,1H3;1H. The van der Waals surface area contributed by atoms with E-state index >= 15 is 0 Å². The Labute approximate surface area is 118 Å². The first-order valence-corrected chi connectivity index (χ1v) is 5.63. The molecule has 0 radical (unpaired) electrons. The number of hydrogen-bond donors (Lipinski definition) is 1. The van der Waals surface area contributed by atoms with E-state index in [1.165, 1.54) is 5.01 Å². The molecular formula is C13H15ClN4O. The predicted octanol–water partition coefficient (Wildman–Crippen LogP) is 2.60. The number of halogens is 1. The van der Waals surface area contributed by atoms with E-state index in [1.807, 2.05) is 30.3 Å². The fourth-order valence-corrected chi connectivity index (χ4v) is 1.55. The number of hydrogen-bond acceptors (Lipinski definition) is 5. The molecule has 1 atom stereocenters. The van der Waals surface area contributed by atoms with E-state index in [0.717, 1.165) is 11.3 Å². The second kappa shape index (κ2) is 6.78. The summed E-state index contributed by atoms with van der Waals surface area (Å²) in [6.07, 6.45) is 1.56. The van der Waals surface area contributed by atoms with Gasteiger partial charge < -0.3 is 4.42 Å².